The minimum atomic E-state index is 0.506. The minimum Gasteiger partial charge on any atom is -0.356 e. The molecule has 2 N–H and O–H groups in total. The lowest BCUT2D eigenvalue weighted by Gasteiger charge is -2.33. The summed E-state index contributed by atoms with van der Waals surface area (Å²) >= 11 is 1.88. The van der Waals surface area contributed by atoms with E-state index in [1.807, 2.05) is 30.3 Å². The molecule has 25 heavy (non-hydrogen) atoms. The summed E-state index contributed by atoms with van der Waals surface area (Å²) in [6.45, 7) is 8.17. The van der Waals surface area contributed by atoms with Crippen molar-refractivity contribution in [2.75, 3.05) is 18.6 Å². The summed E-state index contributed by atoms with van der Waals surface area (Å²) in [6.07, 6.45) is 7.07. The maximum absolute atomic E-state index is 4.77. The highest BCUT2D eigenvalue weighted by atomic mass is 32.2. The van der Waals surface area contributed by atoms with E-state index < -0.39 is 0 Å². The van der Waals surface area contributed by atoms with Gasteiger partial charge in [-0.15, -0.1) is 10.2 Å². The molecule has 2 atom stereocenters. The van der Waals surface area contributed by atoms with E-state index in [4.69, 9.17) is 4.99 Å². The highest BCUT2D eigenvalue weighted by Crippen LogP contribution is 2.28. The van der Waals surface area contributed by atoms with Crippen molar-refractivity contribution >= 4 is 17.7 Å². The largest absolute Gasteiger partial charge is 0.356 e. The maximum atomic E-state index is 4.77. The molecule has 0 radical (unpaired) electrons. The standard InChI is InChI=1S/C18H34N6S/c1-13-9-14(2)11-16(10-13)21-18(19-7-6-8-25-5)20-12-17-23-22-15(3)24(17)4/h13-14,16H,6-12H2,1-5H3,(H2,19,20,21). The summed E-state index contributed by atoms with van der Waals surface area (Å²) in [5.74, 6) is 5.45. The zero-order valence-electron chi connectivity index (χ0n) is 16.4. The highest BCUT2D eigenvalue weighted by molar-refractivity contribution is 7.98. The van der Waals surface area contributed by atoms with Crippen LogP contribution in [-0.2, 0) is 13.6 Å². The van der Waals surface area contributed by atoms with Gasteiger partial charge >= 0.3 is 0 Å². The number of hydrogen-bond donors (Lipinski definition) is 2. The molecule has 2 unspecified atom stereocenters. The molecule has 1 aromatic heterocycles. The zero-order chi connectivity index (χ0) is 18.2. The number of hydrogen-bond acceptors (Lipinski definition) is 4. The van der Waals surface area contributed by atoms with E-state index in [0.29, 0.717) is 12.6 Å². The van der Waals surface area contributed by atoms with Gasteiger partial charge in [0.05, 0.1) is 0 Å². The third-order valence-corrected chi connectivity index (χ3v) is 5.60. The fourth-order valence-corrected chi connectivity index (χ4v) is 4.01. The van der Waals surface area contributed by atoms with E-state index in [1.54, 1.807) is 0 Å². The van der Waals surface area contributed by atoms with Crippen molar-refractivity contribution < 1.29 is 0 Å². The first-order valence-electron chi connectivity index (χ1n) is 9.38. The summed E-state index contributed by atoms with van der Waals surface area (Å²) in [5.41, 5.74) is 0. The van der Waals surface area contributed by atoms with Gasteiger partial charge in [-0.2, -0.15) is 11.8 Å². The van der Waals surface area contributed by atoms with Crippen molar-refractivity contribution in [1.29, 1.82) is 0 Å². The molecule has 0 aromatic carbocycles. The topological polar surface area (TPSA) is 67.1 Å². The van der Waals surface area contributed by atoms with E-state index >= 15 is 0 Å². The van der Waals surface area contributed by atoms with Crippen LogP contribution >= 0.6 is 11.8 Å². The lowest BCUT2D eigenvalue weighted by molar-refractivity contribution is 0.255. The summed E-state index contributed by atoms with van der Waals surface area (Å²) in [7, 11) is 1.99. The van der Waals surface area contributed by atoms with Crippen molar-refractivity contribution in [3.05, 3.63) is 11.6 Å². The Labute approximate surface area is 156 Å². The molecule has 2 rings (SSSR count). The van der Waals surface area contributed by atoms with Gasteiger partial charge in [-0.1, -0.05) is 13.8 Å². The summed E-state index contributed by atoms with van der Waals surface area (Å²) in [5, 5.41) is 15.5. The second-order valence-electron chi connectivity index (χ2n) is 7.42. The Balaban J connectivity index is 1.98. The molecule has 1 aliphatic rings. The van der Waals surface area contributed by atoms with Crippen molar-refractivity contribution in [1.82, 2.24) is 25.4 Å². The Bertz CT molecular complexity index is 546. The quantitative estimate of drug-likeness (QED) is 0.441. The van der Waals surface area contributed by atoms with Crippen molar-refractivity contribution in [2.24, 2.45) is 23.9 Å². The van der Waals surface area contributed by atoms with Gasteiger partial charge < -0.3 is 15.2 Å². The molecule has 0 spiro atoms. The van der Waals surface area contributed by atoms with Crippen LogP contribution in [0.3, 0.4) is 0 Å². The number of aromatic nitrogens is 3. The first-order valence-corrected chi connectivity index (χ1v) is 10.8. The molecular weight excluding hydrogens is 332 g/mol. The SMILES string of the molecule is CSCCCNC(=NCc1nnc(C)n1C)NC1CC(C)CC(C)C1. The van der Waals surface area contributed by atoms with Crippen LogP contribution in [0.15, 0.2) is 4.99 Å². The van der Waals surface area contributed by atoms with E-state index in [0.717, 1.165) is 42.4 Å². The van der Waals surface area contributed by atoms with Crippen LogP contribution in [-0.4, -0.2) is 45.3 Å². The van der Waals surface area contributed by atoms with E-state index in [9.17, 15) is 0 Å². The molecule has 1 aromatic rings. The molecule has 0 bridgehead atoms. The first kappa shape index (κ1) is 20.1. The maximum Gasteiger partial charge on any atom is 0.191 e. The Morgan fingerprint density at radius 2 is 1.96 bits per heavy atom. The zero-order valence-corrected chi connectivity index (χ0v) is 17.2. The second kappa shape index (κ2) is 10.0. The fourth-order valence-electron chi connectivity index (χ4n) is 3.57. The Morgan fingerprint density at radius 1 is 1.24 bits per heavy atom. The summed E-state index contributed by atoms with van der Waals surface area (Å²) in [6, 6.07) is 0.506. The molecule has 1 saturated carbocycles. The normalized spacial score (nSPS) is 24.4. The van der Waals surface area contributed by atoms with Crippen LogP contribution in [0.25, 0.3) is 0 Å². The number of aryl methyl sites for hydroxylation is 1. The second-order valence-corrected chi connectivity index (χ2v) is 8.40. The Hall–Kier alpha value is -1.24. The van der Waals surface area contributed by atoms with Crippen LogP contribution in [0, 0.1) is 18.8 Å². The van der Waals surface area contributed by atoms with Crippen molar-refractivity contribution in [3.8, 4) is 0 Å². The average molecular weight is 367 g/mol. The smallest absolute Gasteiger partial charge is 0.191 e. The summed E-state index contributed by atoms with van der Waals surface area (Å²) < 4.78 is 2.00. The van der Waals surface area contributed by atoms with Gasteiger partial charge in [-0.05, 0) is 56.5 Å². The first-order chi connectivity index (χ1) is 12.0. The van der Waals surface area contributed by atoms with Gasteiger partial charge in [0, 0.05) is 19.6 Å². The molecular formula is C18H34N6S. The Kier molecular flexibility index (Phi) is 8.06. The predicted molar refractivity (Wildman–Crippen MR) is 107 cm³/mol. The highest BCUT2D eigenvalue weighted by Gasteiger charge is 2.24. The van der Waals surface area contributed by atoms with Crippen LogP contribution in [0.4, 0.5) is 0 Å². The predicted octanol–water partition coefficient (Wildman–Crippen LogP) is 2.74. The number of nitrogens with zero attached hydrogens (tertiary/aromatic N) is 4. The molecule has 0 aliphatic heterocycles. The van der Waals surface area contributed by atoms with Gasteiger partial charge in [0.15, 0.2) is 11.8 Å². The Morgan fingerprint density at radius 3 is 2.56 bits per heavy atom. The van der Waals surface area contributed by atoms with Gasteiger partial charge in [0.25, 0.3) is 0 Å². The van der Waals surface area contributed by atoms with Gasteiger partial charge in [-0.25, -0.2) is 4.99 Å². The van der Waals surface area contributed by atoms with Crippen LogP contribution in [0.1, 0.15) is 51.2 Å². The van der Waals surface area contributed by atoms with Crippen molar-refractivity contribution in [2.45, 2.75) is 59.0 Å². The number of aliphatic imine (C=N–C) groups is 1. The fraction of sp³-hybridized carbons (Fsp3) is 0.833. The van der Waals surface area contributed by atoms with Gasteiger partial charge in [0.1, 0.15) is 12.4 Å². The van der Waals surface area contributed by atoms with E-state index in [2.05, 4.69) is 40.9 Å². The molecule has 0 saturated heterocycles. The van der Waals surface area contributed by atoms with Crippen molar-refractivity contribution in [3.63, 3.8) is 0 Å². The van der Waals surface area contributed by atoms with E-state index in [-0.39, 0.29) is 0 Å². The molecule has 7 heteroatoms. The molecule has 0 amide bonds. The van der Waals surface area contributed by atoms with Crippen LogP contribution in [0.2, 0.25) is 0 Å². The lowest BCUT2D eigenvalue weighted by Crippen LogP contribution is -2.46. The minimum absolute atomic E-state index is 0.506. The van der Waals surface area contributed by atoms with Crippen LogP contribution < -0.4 is 10.6 Å². The lowest BCUT2D eigenvalue weighted by atomic mass is 9.80. The molecule has 1 heterocycles. The third-order valence-electron chi connectivity index (χ3n) is 4.90. The number of rotatable bonds is 7. The molecule has 6 nitrogen and oxygen atoms in total. The third kappa shape index (κ3) is 6.53. The van der Waals surface area contributed by atoms with Crippen LogP contribution in [0.5, 0.6) is 0 Å². The number of guanidine groups is 1. The molecule has 1 fully saturated rings. The van der Waals surface area contributed by atoms with E-state index in [1.165, 1.54) is 25.0 Å². The average Bonchev–Trinajstić information content (AvgIpc) is 2.87. The molecule has 1 aliphatic carbocycles. The van der Waals surface area contributed by atoms with Gasteiger partial charge in [-0.3, -0.25) is 0 Å². The van der Waals surface area contributed by atoms with Gasteiger partial charge in [0.2, 0.25) is 0 Å². The molecule has 142 valence electrons. The number of nitrogens with one attached hydrogen (secondary N) is 2. The monoisotopic (exact) mass is 366 g/mol. The summed E-state index contributed by atoms with van der Waals surface area (Å²) in [4.78, 5) is 4.77. The number of thioether (sulfide) groups is 1.